The Hall–Kier alpha value is -3.37. The van der Waals surface area contributed by atoms with Gasteiger partial charge in [-0.3, -0.25) is 34.1 Å². The normalized spacial score (nSPS) is 20.4. The summed E-state index contributed by atoms with van der Waals surface area (Å²) in [5.74, 6) is -1.98. The fourth-order valence-corrected chi connectivity index (χ4v) is 4.79. The lowest BCUT2D eigenvalue weighted by Crippen LogP contribution is -2.54. The molecule has 0 bridgehead atoms. The molecule has 32 heavy (non-hydrogen) atoms. The van der Waals surface area contributed by atoms with Crippen LogP contribution in [0.4, 0.5) is 0 Å². The van der Waals surface area contributed by atoms with Gasteiger partial charge in [-0.25, -0.2) is 0 Å². The van der Waals surface area contributed by atoms with Crippen LogP contribution in [0, 0.1) is 0 Å². The van der Waals surface area contributed by atoms with Crippen molar-refractivity contribution in [2.24, 2.45) is 7.05 Å². The van der Waals surface area contributed by atoms with E-state index in [1.165, 1.54) is 11.3 Å². The van der Waals surface area contributed by atoms with Gasteiger partial charge in [-0.2, -0.15) is 5.10 Å². The van der Waals surface area contributed by atoms with Gasteiger partial charge in [0.1, 0.15) is 6.04 Å². The van der Waals surface area contributed by atoms with Gasteiger partial charge in [0, 0.05) is 57.3 Å². The number of nitrogens with one attached hydrogen (secondary N) is 3. The molecule has 2 aromatic rings. The SMILES string of the molecule is Cn1nc(CNCc2cccc3c2C(=O)N(C2CCC(=O)NC2=O)C3=O)c2c1CCNC2. The minimum Gasteiger partial charge on any atom is -0.312 e. The number of carbonyl (C=O) groups is 4. The molecule has 0 aliphatic carbocycles. The van der Waals surface area contributed by atoms with Crippen LogP contribution in [-0.4, -0.2) is 50.9 Å². The number of amides is 4. The van der Waals surface area contributed by atoms with Gasteiger partial charge in [0.25, 0.3) is 11.8 Å². The Labute approximate surface area is 184 Å². The Bertz CT molecular complexity index is 1150. The van der Waals surface area contributed by atoms with Crippen LogP contribution in [0.15, 0.2) is 18.2 Å². The third-order valence-corrected chi connectivity index (χ3v) is 6.36. The minimum absolute atomic E-state index is 0.0987. The van der Waals surface area contributed by atoms with Gasteiger partial charge in [0.2, 0.25) is 11.8 Å². The molecule has 1 atom stereocenters. The molecule has 0 radical (unpaired) electrons. The van der Waals surface area contributed by atoms with Gasteiger partial charge < -0.3 is 10.6 Å². The van der Waals surface area contributed by atoms with Crippen molar-refractivity contribution in [1.29, 1.82) is 0 Å². The van der Waals surface area contributed by atoms with Crippen LogP contribution in [0.1, 0.15) is 56.1 Å². The molecule has 5 rings (SSSR count). The number of fused-ring (bicyclic) bond motifs is 2. The van der Waals surface area contributed by atoms with E-state index in [9.17, 15) is 19.2 Å². The van der Waals surface area contributed by atoms with E-state index in [0.717, 1.165) is 30.1 Å². The van der Waals surface area contributed by atoms with E-state index in [1.54, 1.807) is 18.2 Å². The first-order valence-corrected chi connectivity index (χ1v) is 10.7. The lowest BCUT2D eigenvalue weighted by Gasteiger charge is -2.27. The van der Waals surface area contributed by atoms with Gasteiger partial charge in [-0.1, -0.05) is 12.1 Å². The van der Waals surface area contributed by atoms with E-state index in [2.05, 4.69) is 21.0 Å². The number of nitrogens with zero attached hydrogens (tertiary/aromatic N) is 3. The monoisotopic (exact) mass is 436 g/mol. The van der Waals surface area contributed by atoms with E-state index in [0.29, 0.717) is 29.8 Å². The molecule has 4 amide bonds. The maximum absolute atomic E-state index is 13.2. The molecule has 166 valence electrons. The molecule has 0 saturated carbocycles. The average Bonchev–Trinajstić information content (AvgIpc) is 3.23. The molecule has 4 heterocycles. The fourth-order valence-electron chi connectivity index (χ4n) is 4.79. The van der Waals surface area contributed by atoms with Crippen LogP contribution in [0.2, 0.25) is 0 Å². The second-order valence-electron chi connectivity index (χ2n) is 8.31. The van der Waals surface area contributed by atoms with Crippen molar-refractivity contribution in [2.75, 3.05) is 6.54 Å². The van der Waals surface area contributed by atoms with Crippen LogP contribution in [0.25, 0.3) is 0 Å². The Morgan fingerprint density at radius 1 is 1.12 bits per heavy atom. The molecule has 10 nitrogen and oxygen atoms in total. The fraction of sp³-hybridized carbons (Fsp3) is 0.409. The average molecular weight is 436 g/mol. The maximum atomic E-state index is 13.2. The van der Waals surface area contributed by atoms with Crippen LogP contribution < -0.4 is 16.0 Å². The summed E-state index contributed by atoms with van der Waals surface area (Å²) in [5.41, 5.74) is 4.72. The summed E-state index contributed by atoms with van der Waals surface area (Å²) >= 11 is 0. The van der Waals surface area contributed by atoms with E-state index in [4.69, 9.17) is 0 Å². The molecule has 3 aliphatic heterocycles. The van der Waals surface area contributed by atoms with Gasteiger partial charge in [-0.05, 0) is 18.1 Å². The highest BCUT2D eigenvalue weighted by Crippen LogP contribution is 2.30. The number of imide groups is 2. The molecule has 1 aromatic carbocycles. The van der Waals surface area contributed by atoms with Crippen LogP contribution in [0.5, 0.6) is 0 Å². The first kappa shape index (κ1) is 20.5. The zero-order chi connectivity index (χ0) is 22.4. The zero-order valence-corrected chi connectivity index (χ0v) is 17.7. The largest absolute Gasteiger partial charge is 0.312 e. The Morgan fingerprint density at radius 2 is 1.97 bits per heavy atom. The molecular formula is C22H24N6O4. The molecule has 1 unspecified atom stereocenters. The van der Waals surface area contributed by atoms with Gasteiger partial charge in [-0.15, -0.1) is 0 Å². The number of aromatic nitrogens is 2. The summed E-state index contributed by atoms with van der Waals surface area (Å²) in [6.45, 7) is 2.64. The number of hydrogen-bond acceptors (Lipinski definition) is 7. The van der Waals surface area contributed by atoms with Crippen molar-refractivity contribution in [3.8, 4) is 0 Å². The first-order valence-electron chi connectivity index (χ1n) is 10.7. The lowest BCUT2D eigenvalue weighted by molar-refractivity contribution is -0.136. The van der Waals surface area contributed by atoms with Crippen LogP contribution in [-0.2, 0) is 42.7 Å². The highest BCUT2D eigenvalue weighted by molar-refractivity contribution is 6.24. The summed E-state index contributed by atoms with van der Waals surface area (Å²) in [4.78, 5) is 50.8. The van der Waals surface area contributed by atoms with Gasteiger partial charge in [0.15, 0.2) is 0 Å². The number of piperidine rings is 1. The molecular weight excluding hydrogens is 412 g/mol. The molecule has 1 aromatic heterocycles. The maximum Gasteiger partial charge on any atom is 0.262 e. The molecule has 1 saturated heterocycles. The number of rotatable bonds is 5. The predicted molar refractivity (Wildman–Crippen MR) is 112 cm³/mol. The van der Waals surface area contributed by atoms with E-state index in [-0.39, 0.29) is 18.7 Å². The molecule has 3 aliphatic rings. The second kappa shape index (κ2) is 7.95. The molecule has 3 N–H and O–H groups in total. The topological polar surface area (TPSA) is 125 Å². The number of aryl methyl sites for hydroxylation is 1. The van der Waals surface area contributed by atoms with Crippen LogP contribution >= 0.6 is 0 Å². The van der Waals surface area contributed by atoms with E-state index < -0.39 is 23.8 Å². The number of carbonyl (C=O) groups excluding carboxylic acids is 4. The van der Waals surface area contributed by atoms with Crippen molar-refractivity contribution >= 4 is 23.6 Å². The number of benzene rings is 1. The van der Waals surface area contributed by atoms with Crippen molar-refractivity contribution in [3.05, 3.63) is 51.8 Å². The quantitative estimate of drug-likeness (QED) is 0.552. The summed E-state index contributed by atoms with van der Waals surface area (Å²) in [6, 6.07) is 4.18. The molecule has 0 spiro atoms. The predicted octanol–water partition coefficient (Wildman–Crippen LogP) is -0.243. The third kappa shape index (κ3) is 3.32. The van der Waals surface area contributed by atoms with E-state index >= 15 is 0 Å². The second-order valence-corrected chi connectivity index (χ2v) is 8.31. The van der Waals surface area contributed by atoms with Gasteiger partial charge in [0.05, 0.1) is 16.8 Å². The van der Waals surface area contributed by atoms with E-state index in [1.807, 2.05) is 11.7 Å². The first-order chi connectivity index (χ1) is 15.5. The van der Waals surface area contributed by atoms with Crippen molar-refractivity contribution in [1.82, 2.24) is 30.6 Å². The summed E-state index contributed by atoms with van der Waals surface area (Å²) in [6.07, 6.45) is 1.18. The van der Waals surface area contributed by atoms with Crippen molar-refractivity contribution < 1.29 is 19.2 Å². The van der Waals surface area contributed by atoms with Crippen molar-refractivity contribution in [3.63, 3.8) is 0 Å². The summed E-state index contributed by atoms with van der Waals surface area (Å²) < 4.78 is 1.92. The number of hydrogen-bond donors (Lipinski definition) is 3. The van der Waals surface area contributed by atoms with Crippen molar-refractivity contribution in [2.45, 2.75) is 44.9 Å². The Balaban J connectivity index is 1.34. The Morgan fingerprint density at radius 3 is 2.78 bits per heavy atom. The molecule has 10 heteroatoms. The molecule has 1 fully saturated rings. The lowest BCUT2D eigenvalue weighted by atomic mass is 10.0. The van der Waals surface area contributed by atoms with Gasteiger partial charge >= 0.3 is 0 Å². The third-order valence-electron chi connectivity index (χ3n) is 6.36. The standard InChI is InChI=1S/C22H24N6O4/c1-27-16-7-8-23-10-14(16)15(26-27)11-24-9-12-3-2-4-13-19(12)22(32)28(21(13)31)17-5-6-18(29)25-20(17)30/h2-4,17,23-24H,5-11H2,1H3,(H,25,29,30). The zero-order valence-electron chi connectivity index (χ0n) is 17.7. The Kier molecular flexibility index (Phi) is 5.10. The summed E-state index contributed by atoms with van der Waals surface area (Å²) in [7, 11) is 1.95. The minimum atomic E-state index is -0.964. The highest BCUT2D eigenvalue weighted by Gasteiger charge is 2.45. The smallest absolute Gasteiger partial charge is 0.262 e. The van der Waals surface area contributed by atoms with Crippen LogP contribution in [0.3, 0.4) is 0 Å². The highest BCUT2D eigenvalue weighted by atomic mass is 16.2. The summed E-state index contributed by atoms with van der Waals surface area (Å²) in [5, 5.41) is 13.6.